The van der Waals surface area contributed by atoms with Crippen LogP contribution in [0.2, 0.25) is 0 Å². The molecule has 128 valence electrons. The summed E-state index contributed by atoms with van der Waals surface area (Å²) in [4.78, 5) is 17.3. The van der Waals surface area contributed by atoms with Gasteiger partial charge in [-0.05, 0) is 23.6 Å². The molecule has 1 aromatic heterocycles. The fourth-order valence-corrected chi connectivity index (χ4v) is 3.48. The van der Waals surface area contributed by atoms with Crippen LogP contribution in [0, 0.1) is 0 Å². The zero-order valence-electron chi connectivity index (χ0n) is 14.7. The fraction of sp³-hybridized carbons (Fsp3) is 0.238. The van der Waals surface area contributed by atoms with E-state index in [0.29, 0.717) is 10.7 Å². The molecule has 0 atom stereocenters. The number of carbonyl (C=O) groups is 1. The van der Waals surface area contributed by atoms with Gasteiger partial charge >= 0.3 is 0 Å². The lowest BCUT2D eigenvalue weighted by atomic mass is 9.93. The van der Waals surface area contributed by atoms with E-state index in [1.807, 2.05) is 47.8 Å². The summed E-state index contributed by atoms with van der Waals surface area (Å²) in [5.74, 6) is -0.110. The van der Waals surface area contributed by atoms with E-state index in [2.05, 4.69) is 43.2 Å². The van der Waals surface area contributed by atoms with Crippen LogP contribution in [0.3, 0.4) is 0 Å². The van der Waals surface area contributed by atoms with E-state index in [4.69, 9.17) is 0 Å². The van der Waals surface area contributed by atoms with E-state index in [-0.39, 0.29) is 11.3 Å². The lowest BCUT2D eigenvalue weighted by Gasteiger charge is -2.14. The van der Waals surface area contributed by atoms with Crippen LogP contribution in [0.4, 0.5) is 5.13 Å². The van der Waals surface area contributed by atoms with Gasteiger partial charge in [0.25, 0.3) is 5.91 Å². The van der Waals surface area contributed by atoms with Crippen molar-refractivity contribution in [1.82, 2.24) is 4.98 Å². The predicted octanol–water partition coefficient (Wildman–Crippen LogP) is 5.28. The summed E-state index contributed by atoms with van der Waals surface area (Å²) in [6.07, 6.45) is 0.732. The van der Waals surface area contributed by atoms with Gasteiger partial charge in [0.05, 0.1) is 5.69 Å². The van der Waals surface area contributed by atoms with Gasteiger partial charge in [0.2, 0.25) is 0 Å². The topological polar surface area (TPSA) is 42.0 Å². The molecule has 1 amide bonds. The standard InChI is InChI=1S/C21H22N2OS/c1-21(2,3)18-14-25-20(22-18)23-19(24)17-12-8-7-11-16(17)13-15-9-5-4-6-10-15/h4-12,14H,13H2,1-3H3,(H,22,23,24). The Hall–Kier alpha value is -2.46. The number of anilines is 1. The van der Waals surface area contributed by atoms with Crippen LogP contribution in [-0.2, 0) is 11.8 Å². The third kappa shape index (κ3) is 4.34. The Morgan fingerprint density at radius 3 is 2.40 bits per heavy atom. The Labute approximate surface area is 152 Å². The molecule has 0 aliphatic rings. The number of nitrogens with one attached hydrogen (secondary N) is 1. The average molecular weight is 350 g/mol. The SMILES string of the molecule is CC(C)(C)c1csc(NC(=O)c2ccccc2Cc2ccccc2)n1. The maximum Gasteiger partial charge on any atom is 0.257 e. The normalized spacial score (nSPS) is 11.3. The molecule has 2 aromatic carbocycles. The summed E-state index contributed by atoms with van der Waals surface area (Å²) in [5, 5.41) is 5.59. The number of hydrogen-bond acceptors (Lipinski definition) is 3. The van der Waals surface area contributed by atoms with Gasteiger partial charge in [0, 0.05) is 16.4 Å². The van der Waals surface area contributed by atoms with Crippen molar-refractivity contribution in [3.05, 3.63) is 82.4 Å². The Morgan fingerprint density at radius 2 is 1.72 bits per heavy atom. The molecule has 0 spiro atoms. The van der Waals surface area contributed by atoms with Gasteiger partial charge in [-0.1, -0.05) is 69.3 Å². The van der Waals surface area contributed by atoms with Crippen molar-refractivity contribution in [1.29, 1.82) is 0 Å². The lowest BCUT2D eigenvalue weighted by molar-refractivity contribution is 0.102. The molecule has 3 aromatic rings. The Morgan fingerprint density at radius 1 is 1.04 bits per heavy atom. The van der Waals surface area contributed by atoms with Crippen LogP contribution in [0.5, 0.6) is 0 Å². The monoisotopic (exact) mass is 350 g/mol. The second-order valence-corrected chi connectivity index (χ2v) is 7.92. The number of hydrogen-bond donors (Lipinski definition) is 1. The molecule has 4 heteroatoms. The minimum absolute atomic E-state index is 0.0231. The highest BCUT2D eigenvalue weighted by molar-refractivity contribution is 7.14. The number of thiazole rings is 1. The molecule has 0 aliphatic heterocycles. The summed E-state index contributed by atoms with van der Waals surface area (Å²) in [5.41, 5.74) is 3.86. The van der Waals surface area contributed by atoms with Crippen LogP contribution >= 0.6 is 11.3 Å². The average Bonchev–Trinajstić information content (AvgIpc) is 3.05. The zero-order chi connectivity index (χ0) is 17.9. The molecule has 0 bridgehead atoms. The van der Waals surface area contributed by atoms with Crippen molar-refractivity contribution in [2.75, 3.05) is 5.32 Å². The van der Waals surface area contributed by atoms with Crippen LogP contribution in [-0.4, -0.2) is 10.9 Å². The van der Waals surface area contributed by atoms with Gasteiger partial charge in [-0.25, -0.2) is 4.98 Å². The number of nitrogens with zero attached hydrogens (tertiary/aromatic N) is 1. The van der Waals surface area contributed by atoms with Gasteiger partial charge in [-0.15, -0.1) is 11.3 Å². The van der Waals surface area contributed by atoms with Crippen molar-refractivity contribution in [3.8, 4) is 0 Å². The van der Waals surface area contributed by atoms with Gasteiger partial charge in [-0.3, -0.25) is 10.1 Å². The summed E-state index contributed by atoms with van der Waals surface area (Å²) < 4.78 is 0. The summed E-state index contributed by atoms with van der Waals surface area (Å²) in [6, 6.07) is 17.9. The lowest BCUT2D eigenvalue weighted by Crippen LogP contribution is -2.15. The third-order valence-electron chi connectivity index (χ3n) is 3.99. The minimum Gasteiger partial charge on any atom is -0.298 e. The fourth-order valence-electron chi connectivity index (χ4n) is 2.55. The molecule has 0 radical (unpaired) electrons. The third-order valence-corrected chi connectivity index (χ3v) is 4.75. The second kappa shape index (κ2) is 7.19. The first-order chi connectivity index (χ1) is 11.9. The maximum atomic E-state index is 12.7. The molecule has 0 fully saturated rings. The van der Waals surface area contributed by atoms with Gasteiger partial charge in [0.15, 0.2) is 5.13 Å². The number of amides is 1. The summed E-state index contributed by atoms with van der Waals surface area (Å²) >= 11 is 1.47. The van der Waals surface area contributed by atoms with E-state index >= 15 is 0 Å². The molecule has 3 nitrogen and oxygen atoms in total. The first-order valence-electron chi connectivity index (χ1n) is 8.32. The van der Waals surface area contributed by atoms with Crippen LogP contribution in [0.25, 0.3) is 0 Å². The minimum atomic E-state index is -0.110. The zero-order valence-corrected chi connectivity index (χ0v) is 15.6. The summed E-state index contributed by atoms with van der Waals surface area (Å²) in [6.45, 7) is 6.34. The summed E-state index contributed by atoms with van der Waals surface area (Å²) in [7, 11) is 0. The van der Waals surface area contributed by atoms with Crippen molar-refractivity contribution >= 4 is 22.4 Å². The van der Waals surface area contributed by atoms with E-state index < -0.39 is 0 Å². The molecule has 0 aliphatic carbocycles. The first kappa shape index (κ1) is 17.4. The number of benzene rings is 2. The van der Waals surface area contributed by atoms with Gasteiger partial charge < -0.3 is 0 Å². The van der Waals surface area contributed by atoms with Gasteiger partial charge in [0.1, 0.15) is 0 Å². The van der Waals surface area contributed by atoms with Crippen molar-refractivity contribution < 1.29 is 4.79 Å². The number of rotatable bonds is 4. The quantitative estimate of drug-likeness (QED) is 0.695. The Bertz CT molecular complexity index is 863. The van der Waals surface area contributed by atoms with Crippen molar-refractivity contribution in [3.63, 3.8) is 0 Å². The highest BCUT2D eigenvalue weighted by atomic mass is 32.1. The highest BCUT2D eigenvalue weighted by Gasteiger charge is 2.19. The molecule has 3 rings (SSSR count). The van der Waals surface area contributed by atoms with Crippen LogP contribution < -0.4 is 5.32 Å². The first-order valence-corrected chi connectivity index (χ1v) is 9.20. The predicted molar refractivity (Wildman–Crippen MR) is 104 cm³/mol. The van der Waals surface area contributed by atoms with Crippen LogP contribution in [0.15, 0.2) is 60.0 Å². The largest absolute Gasteiger partial charge is 0.298 e. The molecular formula is C21H22N2OS. The maximum absolute atomic E-state index is 12.7. The second-order valence-electron chi connectivity index (χ2n) is 7.06. The molecular weight excluding hydrogens is 328 g/mol. The smallest absolute Gasteiger partial charge is 0.257 e. The molecule has 1 N–H and O–H groups in total. The molecule has 0 saturated carbocycles. The van der Waals surface area contributed by atoms with Crippen molar-refractivity contribution in [2.24, 2.45) is 0 Å². The molecule has 0 unspecified atom stereocenters. The van der Waals surface area contributed by atoms with Crippen molar-refractivity contribution in [2.45, 2.75) is 32.6 Å². The Balaban J connectivity index is 1.80. The van der Waals surface area contributed by atoms with E-state index in [9.17, 15) is 4.79 Å². The van der Waals surface area contributed by atoms with E-state index in [0.717, 1.165) is 17.7 Å². The van der Waals surface area contributed by atoms with Gasteiger partial charge in [-0.2, -0.15) is 0 Å². The van der Waals surface area contributed by atoms with E-state index in [1.165, 1.54) is 16.9 Å². The highest BCUT2D eigenvalue weighted by Crippen LogP contribution is 2.27. The van der Waals surface area contributed by atoms with Crippen LogP contribution in [0.1, 0.15) is 48.0 Å². The number of aromatic nitrogens is 1. The molecule has 25 heavy (non-hydrogen) atoms. The molecule has 1 heterocycles. The van der Waals surface area contributed by atoms with E-state index in [1.54, 1.807) is 0 Å². The number of carbonyl (C=O) groups excluding carboxylic acids is 1. The molecule has 0 saturated heterocycles. The Kier molecular flexibility index (Phi) is 5.00.